The van der Waals surface area contributed by atoms with Crippen molar-refractivity contribution >= 4 is 40.5 Å². The molecule has 1 aromatic carbocycles. The first-order chi connectivity index (χ1) is 11.0. The summed E-state index contributed by atoms with van der Waals surface area (Å²) in [6, 6.07) is 6.89. The largest absolute Gasteiger partial charge is 0.454 e. The molecule has 23 heavy (non-hydrogen) atoms. The van der Waals surface area contributed by atoms with Gasteiger partial charge in [0.05, 0.1) is 6.04 Å². The first-order valence-corrected chi connectivity index (χ1v) is 8.45. The quantitative estimate of drug-likeness (QED) is 0.791. The normalized spacial score (nSPS) is 15.4. The van der Waals surface area contributed by atoms with Crippen LogP contribution in [0.1, 0.15) is 18.5 Å². The zero-order chi connectivity index (χ0) is 16.8. The molecule has 1 aliphatic rings. The lowest BCUT2D eigenvalue weighted by Crippen LogP contribution is -2.35. The lowest BCUT2D eigenvalue weighted by atomic mass is 10.1. The summed E-state index contributed by atoms with van der Waals surface area (Å²) in [5.74, 6) is -0.351. The Morgan fingerprint density at radius 3 is 2.83 bits per heavy atom. The van der Waals surface area contributed by atoms with Crippen LogP contribution in [0.25, 0.3) is 0 Å². The molecular formula is C15H17ClN2O4S. The fourth-order valence-electron chi connectivity index (χ4n) is 2.10. The average molecular weight is 357 g/mol. The van der Waals surface area contributed by atoms with Crippen LogP contribution in [0, 0.1) is 0 Å². The molecule has 1 aliphatic heterocycles. The van der Waals surface area contributed by atoms with E-state index in [-0.39, 0.29) is 24.4 Å². The number of nitrogens with zero attached hydrogens (tertiary/aromatic N) is 1. The molecule has 0 bridgehead atoms. The predicted octanol–water partition coefficient (Wildman–Crippen LogP) is 2.23. The van der Waals surface area contributed by atoms with Gasteiger partial charge in [0.15, 0.2) is 6.61 Å². The standard InChI is InChI=1S/C15H17ClN2O4S/c1-10(11-4-2-3-5-12(11)16)17-13(19)9-22-14(20)8-18-6-7-23-15(18)21/h2-5,10H,6-9H2,1H3,(H,17,19)/t10-/m0/s1. The molecule has 0 unspecified atom stereocenters. The monoisotopic (exact) mass is 356 g/mol. The highest BCUT2D eigenvalue weighted by atomic mass is 35.5. The molecule has 0 saturated carbocycles. The first kappa shape index (κ1) is 17.6. The van der Waals surface area contributed by atoms with Crippen LogP contribution in [0.15, 0.2) is 24.3 Å². The molecule has 1 saturated heterocycles. The summed E-state index contributed by atoms with van der Waals surface area (Å²) < 4.78 is 4.89. The number of nitrogens with one attached hydrogen (secondary N) is 1. The molecule has 1 aromatic rings. The van der Waals surface area contributed by atoms with E-state index in [0.717, 1.165) is 5.56 Å². The fourth-order valence-corrected chi connectivity index (χ4v) is 3.23. The van der Waals surface area contributed by atoms with E-state index in [9.17, 15) is 14.4 Å². The molecule has 8 heteroatoms. The molecular weight excluding hydrogens is 340 g/mol. The molecule has 1 atom stereocenters. The third-order valence-electron chi connectivity index (χ3n) is 3.28. The van der Waals surface area contributed by atoms with Gasteiger partial charge in [-0.15, -0.1) is 0 Å². The highest BCUT2D eigenvalue weighted by Crippen LogP contribution is 2.22. The van der Waals surface area contributed by atoms with E-state index >= 15 is 0 Å². The number of hydrogen-bond donors (Lipinski definition) is 1. The number of amides is 2. The van der Waals surface area contributed by atoms with Gasteiger partial charge in [0, 0.05) is 17.3 Å². The van der Waals surface area contributed by atoms with Crippen LogP contribution in [0.3, 0.4) is 0 Å². The van der Waals surface area contributed by atoms with Crippen molar-refractivity contribution in [1.29, 1.82) is 0 Å². The Balaban J connectivity index is 1.75. The Bertz CT molecular complexity index is 611. The van der Waals surface area contributed by atoms with E-state index in [1.54, 1.807) is 19.1 Å². The Labute approximate surface area is 143 Å². The molecule has 1 heterocycles. The SMILES string of the molecule is C[C@H](NC(=O)COC(=O)CN1CCSC1=O)c1ccccc1Cl. The van der Waals surface area contributed by atoms with Gasteiger partial charge in [-0.05, 0) is 18.6 Å². The molecule has 2 amide bonds. The zero-order valence-electron chi connectivity index (χ0n) is 12.6. The number of ether oxygens (including phenoxy) is 1. The van der Waals surface area contributed by atoms with Crippen molar-refractivity contribution in [3.8, 4) is 0 Å². The van der Waals surface area contributed by atoms with Crippen molar-refractivity contribution < 1.29 is 19.1 Å². The molecule has 124 valence electrons. The molecule has 0 radical (unpaired) electrons. The maximum absolute atomic E-state index is 11.8. The minimum atomic E-state index is -0.596. The smallest absolute Gasteiger partial charge is 0.326 e. The van der Waals surface area contributed by atoms with Crippen LogP contribution in [0.4, 0.5) is 4.79 Å². The fraction of sp³-hybridized carbons (Fsp3) is 0.400. The summed E-state index contributed by atoms with van der Waals surface area (Å²) in [7, 11) is 0. The minimum Gasteiger partial charge on any atom is -0.454 e. The van der Waals surface area contributed by atoms with E-state index in [0.29, 0.717) is 17.3 Å². The van der Waals surface area contributed by atoms with Gasteiger partial charge >= 0.3 is 5.97 Å². The van der Waals surface area contributed by atoms with Gasteiger partial charge in [-0.25, -0.2) is 0 Å². The lowest BCUT2D eigenvalue weighted by Gasteiger charge is -2.16. The summed E-state index contributed by atoms with van der Waals surface area (Å²) >= 11 is 7.23. The Kier molecular flexibility index (Phi) is 6.29. The van der Waals surface area contributed by atoms with Crippen LogP contribution >= 0.6 is 23.4 Å². The lowest BCUT2D eigenvalue weighted by molar-refractivity contribution is -0.149. The van der Waals surface area contributed by atoms with E-state index < -0.39 is 11.9 Å². The second kappa shape index (κ2) is 8.21. The first-order valence-electron chi connectivity index (χ1n) is 7.08. The molecule has 0 spiro atoms. The maximum atomic E-state index is 11.8. The number of carbonyl (C=O) groups is 3. The van der Waals surface area contributed by atoms with Gasteiger partial charge in [0.25, 0.3) is 11.1 Å². The van der Waals surface area contributed by atoms with Crippen molar-refractivity contribution in [1.82, 2.24) is 10.2 Å². The minimum absolute atomic E-state index is 0.126. The number of rotatable bonds is 6. The second-order valence-corrected chi connectivity index (χ2v) is 6.46. The predicted molar refractivity (Wildman–Crippen MR) is 88.4 cm³/mol. The number of esters is 1. The third-order valence-corrected chi connectivity index (χ3v) is 4.51. The number of carbonyl (C=O) groups excluding carboxylic acids is 3. The van der Waals surface area contributed by atoms with E-state index in [2.05, 4.69) is 5.32 Å². The number of halogens is 1. The van der Waals surface area contributed by atoms with Crippen molar-refractivity contribution in [3.05, 3.63) is 34.9 Å². The van der Waals surface area contributed by atoms with Crippen molar-refractivity contribution in [2.45, 2.75) is 13.0 Å². The summed E-state index contributed by atoms with van der Waals surface area (Å²) in [5, 5.41) is 3.13. The molecule has 2 rings (SSSR count). The number of thioether (sulfide) groups is 1. The molecule has 0 aromatic heterocycles. The number of hydrogen-bond acceptors (Lipinski definition) is 5. The van der Waals surface area contributed by atoms with Crippen LogP contribution < -0.4 is 5.32 Å². The highest BCUT2D eigenvalue weighted by molar-refractivity contribution is 8.13. The van der Waals surface area contributed by atoms with Crippen molar-refractivity contribution in [3.63, 3.8) is 0 Å². The van der Waals surface area contributed by atoms with Gasteiger partial charge in [-0.3, -0.25) is 14.4 Å². The Hall–Kier alpha value is -1.73. The highest BCUT2D eigenvalue weighted by Gasteiger charge is 2.24. The Morgan fingerprint density at radius 1 is 1.43 bits per heavy atom. The summed E-state index contributed by atoms with van der Waals surface area (Å²) in [6.45, 7) is 1.80. The van der Waals surface area contributed by atoms with E-state index in [1.165, 1.54) is 16.7 Å². The topological polar surface area (TPSA) is 75.7 Å². The zero-order valence-corrected chi connectivity index (χ0v) is 14.2. The van der Waals surface area contributed by atoms with Crippen LogP contribution in [-0.2, 0) is 14.3 Å². The molecule has 1 N–H and O–H groups in total. The van der Waals surface area contributed by atoms with Crippen molar-refractivity contribution in [2.75, 3.05) is 25.4 Å². The van der Waals surface area contributed by atoms with Gasteiger partial charge in [0.1, 0.15) is 6.54 Å². The summed E-state index contributed by atoms with van der Waals surface area (Å²) in [5.41, 5.74) is 0.786. The Morgan fingerprint density at radius 2 is 2.17 bits per heavy atom. The van der Waals surface area contributed by atoms with Gasteiger partial charge in [-0.1, -0.05) is 41.6 Å². The van der Waals surface area contributed by atoms with Crippen LogP contribution in [-0.4, -0.2) is 47.5 Å². The maximum Gasteiger partial charge on any atom is 0.326 e. The molecule has 1 fully saturated rings. The van der Waals surface area contributed by atoms with Crippen molar-refractivity contribution in [2.24, 2.45) is 0 Å². The number of benzene rings is 1. The molecule has 6 nitrogen and oxygen atoms in total. The third kappa shape index (κ3) is 5.14. The summed E-state index contributed by atoms with van der Waals surface area (Å²) in [4.78, 5) is 36.2. The molecule has 0 aliphatic carbocycles. The van der Waals surface area contributed by atoms with Crippen LogP contribution in [0.2, 0.25) is 5.02 Å². The van der Waals surface area contributed by atoms with Gasteiger partial charge in [0.2, 0.25) is 0 Å². The average Bonchev–Trinajstić information content (AvgIpc) is 2.90. The second-order valence-electron chi connectivity index (χ2n) is 5.01. The van der Waals surface area contributed by atoms with Gasteiger partial charge < -0.3 is 15.0 Å². The van der Waals surface area contributed by atoms with Crippen LogP contribution in [0.5, 0.6) is 0 Å². The van der Waals surface area contributed by atoms with E-state index in [1.807, 2.05) is 12.1 Å². The summed E-state index contributed by atoms with van der Waals surface area (Å²) in [6.07, 6.45) is 0. The van der Waals surface area contributed by atoms with Gasteiger partial charge in [-0.2, -0.15) is 0 Å². The van der Waals surface area contributed by atoms with E-state index in [4.69, 9.17) is 16.3 Å².